The Kier molecular flexibility index (Phi) is 5.34. The first-order valence-electron chi connectivity index (χ1n) is 7.07. The van der Waals surface area contributed by atoms with Crippen molar-refractivity contribution in [1.82, 2.24) is 10.3 Å². The van der Waals surface area contributed by atoms with E-state index in [0.29, 0.717) is 23.0 Å². The number of pyridine rings is 1. The normalized spacial score (nSPS) is 10.7. The van der Waals surface area contributed by atoms with E-state index in [0.717, 1.165) is 17.7 Å². The number of hydrogen-bond donors (Lipinski definition) is 1. The first kappa shape index (κ1) is 15.5. The van der Waals surface area contributed by atoms with Crippen molar-refractivity contribution in [1.29, 1.82) is 0 Å². The number of nitrogens with one attached hydrogen (secondary N) is 1. The zero-order valence-corrected chi connectivity index (χ0v) is 13.0. The van der Waals surface area contributed by atoms with E-state index in [1.807, 2.05) is 30.3 Å². The number of benzene rings is 1. The van der Waals surface area contributed by atoms with Gasteiger partial charge < -0.3 is 5.32 Å². The van der Waals surface area contributed by atoms with Crippen LogP contribution in [0.2, 0.25) is 5.02 Å². The molecule has 0 aliphatic rings. The van der Waals surface area contributed by atoms with Gasteiger partial charge in [-0.05, 0) is 30.5 Å². The molecule has 3 nitrogen and oxygen atoms in total. The standard InChI is InChI=1S/C17H19ClN2O/c1-12(2)9-10-19-17(21)13-7-8-16(20-11-13)14-5-3-4-6-15(14)18/h3-8,11-12H,9-10H2,1-2H3,(H,19,21). The lowest BCUT2D eigenvalue weighted by Crippen LogP contribution is -2.25. The predicted octanol–water partition coefficient (Wildman–Crippen LogP) is 4.18. The highest BCUT2D eigenvalue weighted by molar-refractivity contribution is 6.33. The van der Waals surface area contributed by atoms with E-state index in [2.05, 4.69) is 24.1 Å². The number of aromatic nitrogens is 1. The lowest BCUT2D eigenvalue weighted by atomic mass is 10.1. The third kappa shape index (κ3) is 4.30. The van der Waals surface area contributed by atoms with Gasteiger partial charge in [-0.2, -0.15) is 0 Å². The summed E-state index contributed by atoms with van der Waals surface area (Å²) in [5.74, 6) is 0.486. The molecule has 110 valence electrons. The summed E-state index contributed by atoms with van der Waals surface area (Å²) in [6.45, 7) is 4.95. The Bertz CT molecular complexity index is 608. The van der Waals surface area contributed by atoms with Crippen molar-refractivity contribution < 1.29 is 4.79 Å². The molecular weight excluding hydrogens is 284 g/mol. The molecule has 1 N–H and O–H groups in total. The Hall–Kier alpha value is -1.87. The van der Waals surface area contributed by atoms with Crippen LogP contribution in [0.5, 0.6) is 0 Å². The minimum absolute atomic E-state index is 0.0890. The summed E-state index contributed by atoms with van der Waals surface area (Å²) in [6, 6.07) is 11.1. The molecule has 1 aromatic heterocycles. The highest BCUT2D eigenvalue weighted by atomic mass is 35.5. The quantitative estimate of drug-likeness (QED) is 0.900. The van der Waals surface area contributed by atoms with Gasteiger partial charge in [0, 0.05) is 23.3 Å². The molecule has 0 atom stereocenters. The molecule has 21 heavy (non-hydrogen) atoms. The Morgan fingerprint density at radius 1 is 1.24 bits per heavy atom. The van der Waals surface area contributed by atoms with Crippen molar-refractivity contribution in [3.05, 3.63) is 53.2 Å². The van der Waals surface area contributed by atoms with Crippen LogP contribution in [-0.4, -0.2) is 17.4 Å². The molecule has 0 bridgehead atoms. The topological polar surface area (TPSA) is 42.0 Å². The number of carbonyl (C=O) groups excluding carboxylic acids is 1. The molecule has 1 aromatic carbocycles. The van der Waals surface area contributed by atoms with E-state index in [4.69, 9.17) is 11.6 Å². The van der Waals surface area contributed by atoms with Gasteiger partial charge in [-0.15, -0.1) is 0 Å². The summed E-state index contributed by atoms with van der Waals surface area (Å²) in [7, 11) is 0. The average molecular weight is 303 g/mol. The van der Waals surface area contributed by atoms with Gasteiger partial charge in [0.15, 0.2) is 0 Å². The van der Waals surface area contributed by atoms with Gasteiger partial charge in [0.2, 0.25) is 0 Å². The van der Waals surface area contributed by atoms with E-state index in [1.54, 1.807) is 12.3 Å². The van der Waals surface area contributed by atoms with Gasteiger partial charge in [-0.3, -0.25) is 9.78 Å². The average Bonchev–Trinajstić information content (AvgIpc) is 2.47. The Morgan fingerprint density at radius 2 is 2.00 bits per heavy atom. The molecule has 0 aliphatic heterocycles. The van der Waals surface area contributed by atoms with Crippen LogP contribution in [0.3, 0.4) is 0 Å². The highest BCUT2D eigenvalue weighted by Crippen LogP contribution is 2.25. The molecule has 0 saturated carbocycles. The predicted molar refractivity (Wildman–Crippen MR) is 86.5 cm³/mol. The number of carbonyl (C=O) groups is 1. The Balaban J connectivity index is 2.05. The molecule has 0 aliphatic carbocycles. The fourth-order valence-electron chi connectivity index (χ4n) is 1.93. The van der Waals surface area contributed by atoms with Crippen molar-refractivity contribution >= 4 is 17.5 Å². The largest absolute Gasteiger partial charge is 0.352 e. The van der Waals surface area contributed by atoms with Crippen LogP contribution in [0.25, 0.3) is 11.3 Å². The maximum atomic E-state index is 12.0. The van der Waals surface area contributed by atoms with Crippen LogP contribution >= 0.6 is 11.6 Å². The van der Waals surface area contributed by atoms with Crippen LogP contribution in [0.4, 0.5) is 0 Å². The van der Waals surface area contributed by atoms with Gasteiger partial charge in [0.05, 0.1) is 11.3 Å². The molecule has 4 heteroatoms. The number of hydrogen-bond acceptors (Lipinski definition) is 2. The van der Waals surface area contributed by atoms with Gasteiger partial charge in [0.25, 0.3) is 5.91 Å². The molecule has 0 radical (unpaired) electrons. The van der Waals surface area contributed by atoms with Crippen LogP contribution < -0.4 is 5.32 Å². The van der Waals surface area contributed by atoms with E-state index in [9.17, 15) is 4.79 Å². The second kappa shape index (κ2) is 7.23. The van der Waals surface area contributed by atoms with E-state index >= 15 is 0 Å². The molecule has 2 aromatic rings. The fourth-order valence-corrected chi connectivity index (χ4v) is 2.17. The summed E-state index contributed by atoms with van der Waals surface area (Å²) in [6.07, 6.45) is 2.56. The monoisotopic (exact) mass is 302 g/mol. The van der Waals surface area contributed by atoms with Crippen LogP contribution in [-0.2, 0) is 0 Å². The number of amides is 1. The zero-order valence-electron chi connectivity index (χ0n) is 12.3. The van der Waals surface area contributed by atoms with Gasteiger partial charge in [0.1, 0.15) is 0 Å². The van der Waals surface area contributed by atoms with E-state index in [1.165, 1.54) is 0 Å². The second-order valence-corrected chi connectivity index (χ2v) is 5.76. The molecular formula is C17H19ClN2O. The van der Waals surface area contributed by atoms with Gasteiger partial charge in [-0.25, -0.2) is 0 Å². The SMILES string of the molecule is CC(C)CCNC(=O)c1ccc(-c2ccccc2Cl)nc1. The molecule has 1 amide bonds. The van der Waals surface area contributed by atoms with E-state index in [-0.39, 0.29) is 5.91 Å². The van der Waals surface area contributed by atoms with E-state index < -0.39 is 0 Å². The third-order valence-corrected chi connectivity index (χ3v) is 3.51. The highest BCUT2D eigenvalue weighted by Gasteiger charge is 2.08. The van der Waals surface area contributed by atoms with Crippen molar-refractivity contribution in [3.8, 4) is 11.3 Å². The van der Waals surface area contributed by atoms with Crippen molar-refractivity contribution in [2.45, 2.75) is 20.3 Å². The minimum Gasteiger partial charge on any atom is -0.352 e. The van der Waals surface area contributed by atoms with Crippen molar-refractivity contribution in [2.24, 2.45) is 5.92 Å². The number of nitrogens with zero attached hydrogens (tertiary/aromatic N) is 1. The lowest BCUT2D eigenvalue weighted by Gasteiger charge is -2.08. The maximum absolute atomic E-state index is 12.0. The van der Waals surface area contributed by atoms with Crippen LogP contribution in [0, 0.1) is 5.92 Å². The first-order chi connectivity index (χ1) is 10.1. The summed E-state index contributed by atoms with van der Waals surface area (Å²) in [5.41, 5.74) is 2.19. The molecule has 0 spiro atoms. The summed E-state index contributed by atoms with van der Waals surface area (Å²) >= 11 is 6.14. The van der Waals surface area contributed by atoms with Crippen molar-refractivity contribution in [2.75, 3.05) is 6.54 Å². The first-order valence-corrected chi connectivity index (χ1v) is 7.45. The molecule has 0 unspecified atom stereocenters. The molecule has 0 saturated heterocycles. The maximum Gasteiger partial charge on any atom is 0.252 e. The number of rotatable bonds is 5. The Morgan fingerprint density at radius 3 is 2.62 bits per heavy atom. The summed E-state index contributed by atoms with van der Waals surface area (Å²) < 4.78 is 0. The van der Waals surface area contributed by atoms with Gasteiger partial charge >= 0.3 is 0 Å². The number of halogens is 1. The van der Waals surface area contributed by atoms with Crippen LogP contribution in [0.15, 0.2) is 42.6 Å². The Labute approximate surface area is 130 Å². The zero-order chi connectivity index (χ0) is 15.2. The second-order valence-electron chi connectivity index (χ2n) is 5.35. The molecule has 2 rings (SSSR count). The fraction of sp³-hybridized carbons (Fsp3) is 0.294. The lowest BCUT2D eigenvalue weighted by molar-refractivity contribution is 0.0951. The molecule has 0 fully saturated rings. The third-order valence-electron chi connectivity index (χ3n) is 3.18. The van der Waals surface area contributed by atoms with Gasteiger partial charge in [-0.1, -0.05) is 43.6 Å². The summed E-state index contributed by atoms with van der Waals surface area (Å²) in [5, 5.41) is 3.55. The smallest absolute Gasteiger partial charge is 0.252 e. The minimum atomic E-state index is -0.0890. The van der Waals surface area contributed by atoms with Crippen LogP contribution in [0.1, 0.15) is 30.6 Å². The van der Waals surface area contributed by atoms with Crippen molar-refractivity contribution in [3.63, 3.8) is 0 Å². The molecule has 1 heterocycles. The summed E-state index contributed by atoms with van der Waals surface area (Å²) in [4.78, 5) is 16.3.